The minimum atomic E-state index is -1.10. The molecule has 0 bridgehead atoms. The van der Waals surface area contributed by atoms with E-state index >= 15 is 0 Å². The van der Waals surface area contributed by atoms with Crippen molar-refractivity contribution in [3.63, 3.8) is 0 Å². The molecule has 1 aromatic carbocycles. The van der Waals surface area contributed by atoms with Gasteiger partial charge in [0.15, 0.2) is 22.8 Å². The summed E-state index contributed by atoms with van der Waals surface area (Å²) in [7, 11) is 0. The largest absolute Gasteiger partial charge is 0.481 e. The lowest BCUT2D eigenvalue weighted by Crippen LogP contribution is -2.23. The van der Waals surface area contributed by atoms with E-state index in [0.29, 0.717) is 41.8 Å². The molecule has 3 aromatic rings. The second-order valence-corrected chi connectivity index (χ2v) is 6.48. The van der Waals surface area contributed by atoms with Crippen LogP contribution < -0.4 is 16.8 Å². The Balaban J connectivity index is 1.69. The summed E-state index contributed by atoms with van der Waals surface area (Å²) in [5.41, 5.74) is 13.8. The number of benzene rings is 1. The summed E-state index contributed by atoms with van der Waals surface area (Å²) >= 11 is 0. The van der Waals surface area contributed by atoms with Crippen molar-refractivity contribution < 1.29 is 14.7 Å². The fourth-order valence-corrected chi connectivity index (χ4v) is 2.87. The number of carbonyl (C=O) groups excluding carboxylic acids is 1. The van der Waals surface area contributed by atoms with Gasteiger partial charge in [-0.05, 0) is 30.7 Å². The van der Waals surface area contributed by atoms with Crippen molar-refractivity contribution in [3.05, 3.63) is 41.7 Å². The van der Waals surface area contributed by atoms with Gasteiger partial charge in [-0.1, -0.05) is 13.3 Å². The molecule has 1 atom stereocenters. The van der Waals surface area contributed by atoms with Gasteiger partial charge in [0.1, 0.15) is 5.92 Å². The molecular formula is C19H21N7O3. The maximum absolute atomic E-state index is 12.4. The molecule has 0 amide bonds. The van der Waals surface area contributed by atoms with Crippen molar-refractivity contribution in [2.45, 2.75) is 26.3 Å². The van der Waals surface area contributed by atoms with Gasteiger partial charge in [0.2, 0.25) is 5.95 Å². The van der Waals surface area contributed by atoms with Crippen LogP contribution in [0.3, 0.4) is 0 Å². The van der Waals surface area contributed by atoms with E-state index in [1.807, 2.05) is 6.92 Å². The van der Waals surface area contributed by atoms with E-state index in [1.165, 1.54) is 0 Å². The Hall–Kier alpha value is -3.82. The number of nitrogens with zero attached hydrogens (tertiary/aromatic N) is 4. The number of carbonyl (C=O) groups is 2. The number of nitrogens with two attached hydrogens (primary N) is 2. The van der Waals surface area contributed by atoms with Crippen LogP contribution in [0.1, 0.15) is 35.8 Å². The van der Waals surface area contributed by atoms with Crippen LogP contribution in [0.5, 0.6) is 0 Å². The van der Waals surface area contributed by atoms with E-state index in [4.69, 9.17) is 11.5 Å². The second kappa shape index (κ2) is 8.46. The number of nitrogen functional groups attached to an aromatic ring is 2. The Morgan fingerprint density at radius 2 is 1.86 bits per heavy atom. The zero-order chi connectivity index (χ0) is 21.0. The summed E-state index contributed by atoms with van der Waals surface area (Å²) in [5.74, 6) is -2.31. The van der Waals surface area contributed by atoms with E-state index in [2.05, 4.69) is 25.3 Å². The molecule has 2 heterocycles. The Morgan fingerprint density at radius 1 is 1.14 bits per heavy atom. The smallest absolute Gasteiger partial charge is 0.314 e. The van der Waals surface area contributed by atoms with Crippen LogP contribution in [-0.2, 0) is 11.3 Å². The number of anilines is 3. The monoisotopic (exact) mass is 395 g/mol. The van der Waals surface area contributed by atoms with Crippen LogP contribution in [0.15, 0.2) is 30.5 Å². The average Bonchev–Trinajstić information content (AvgIpc) is 2.70. The summed E-state index contributed by atoms with van der Waals surface area (Å²) in [5, 5.41) is 12.4. The van der Waals surface area contributed by atoms with E-state index in [-0.39, 0.29) is 17.5 Å². The van der Waals surface area contributed by atoms with Crippen molar-refractivity contribution in [2.24, 2.45) is 5.92 Å². The number of fused-ring (bicyclic) bond motifs is 1. The first-order valence-electron chi connectivity index (χ1n) is 9.04. The normalized spacial score (nSPS) is 11.9. The molecule has 29 heavy (non-hydrogen) atoms. The first-order chi connectivity index (χ1) is 13.9. The van der Waals surface area contributed by atoms with Gasteiger partial charge in [0.25, 0.3) is 0 Å². The standard InChI is InChI=1S/C19H21N7O3/c1-2-3-13(18(28)29)15(27)10-4-6-11(7-5-10)22-8-12-9-23-17-14(24-12)16(20)25-19(21)26-17/h4-7,9,13,22H,2-3,8H2,1H3,(H,28,29)(H4,20,21,23,25,26). The fraction of sp³-hybridized carbons (Fsp3) is 0.263. The van der Waals surface area contributed by atoms with E-state index in [0.717, 1.165) is 5.69 Å². The summed E-state index contributed by atoms with van der Waals surface area (Å²) in [6, 6.07) is 6.64. The molecule has 0 aliphatic carbocycles. The van der Waals surface area contributed by atoms with Crippen LogP contribution in [0.2, 0.25) is 0 Å². The van der Waals surface area contributed by atoms with Crippen LogP contribution in [-0.4, -0.2) is 36.8 Å². The summed E-state index contributed by atoms with van der Waals surface area (Å²) < 4.78 is 0. The number of Topliss-reactive ketones (excluding diaryl/α,β-unsaturated/α-hetero) is 1. The lowest BCUT2D eigenvalue weighted by molar-refractivity contribution is -0.140. The Labute approximate surface area is 166 Å². The number of aromatic nitrogens is 4. The number of carboxylic acids is 1. The number of ketones is 1. The van der Waals surface area contributed by atoms with Gasteiger partial charge in [-0.25, -0.2) is 9.97 Å². The van der Waals surface area contributed by atoms with Crippen molar-refractivity contribution in [3.8, 4) is 0 Å². The predicted octanol–water partition coefficient (Wildman–Crippen LogP) is 1.88. The molecule has 6 N–H and O–H groups in total. The number of aliphatic carboxylic acids is 1. The van der Waals surface area contributed by atoms with Crippen LogP contribution in [0.25, 0.3) is 11.2 Å². The van der Waals surface area contributed by atoms with E-state index in [1.54, 1.807) is 30.5 Å². The first kappa shape index (κ1) is 19.9. The summed E-state index contributed by atoms with van der Waals surface area (Å²) in [6.45, 7) is 2.20. The molecule has 0 radical (unpaired) electrons. The van der Waals surface area contributed by atoms with Crippen molar-refractivity contribution in [1.82, 2.24) is 19.9 Å². The summed E-state index contributed by atoms with van der Waals surface area (Å²) in [4.78, 5) is 40.1. The maximum atomic E-state index is 12.4. The van der Waals surface area contributed by atoms with Gasteiger partial charge >= 0.3 is 5.97 Å². The maximum Gasteiger partial charge on any atom is 0.314 e. The minimum absolute atomic E-state index is 0.0360. The van der Waals surface area contributed by atoms with Crippen LogP contribution >= 0.6 is 0 Å². The van der Waals surface area contributed by atoms with Gasteiger partial charge < -0.3 is 21.9 Å². The quantitative estimate of drug-likeness (QED) is 0.326. The fourth-order valence-electron chi connectivity index (χ4n) is 2.87. The zero-order valence-electron chi connectivity index (χ0n) is 15.8. The SMILES string of the molecule is CCCC(C(=O)O)C(=O)c1ccc(NCc2cnc3nc(N)nc(N)c3n2)cc1. The van der Waals surface area contributed by atoms with Gasteiger partial charge in [0.05, 0.1) is 18.4 Å². The molecule has 0 spiro atoms. The zero-order valence-corrected chi connectivity index (χ0v) is 15.8. The third kappa shape index (κ3) is 4.54. The molecule has 10 nitrogen and oxygen atoms in total. The van der Waals surface area contributed by atoms with E-state index in [9.17, 15) is 14.7 Å². The number of hydrogen-bond donors (Lipinski definition) is 4. The molecule has 0 saturated carbocycles. The second-order valence-electron chi connectivity index (χ2n) is 6.48. The molecule has 2 aromatic heterocycles. The third-order valence-electron chi connectivity index (χ3n) is 4.34. The first-order valence-corrected chi connectivity index (χ1v) is 9.04. The number of rotatable bonds is 8. The highest BCUT2D eigenvalue weighted by molar-refractivity contribution is 6.08. The number of nitrogens with one attached hydrogen (secondary N) is 1. The molecule has 1 unspecified atom stereocenters. The van der Waals surface area contributed by atoms with Crippen molar-refractivity contribution in [2.75, 3.05) is 16.8 Å². The molecule has 0 aliphatic heterocycles. The van der Waals surface area contributed by atoms with Gasteiger partial charge in [-0.15, -0.1) is 0 Å². The topological polar surface area (TPSA) is 170 Å². The minimum Gasteiger partial charge on any atom is -0.481 e. The van der Waals surface area contributed by atoms with Gasteiger partial charge in [0, 0.05) is 11.3 Å². The lowest BCUT2D eigenvalue weighted by atomic mass is 9.93. The van der Waals surface area contributed by atoms with Crippen molar-refractivity contribution in [1.29, 1.82) is 0 Å². The summed E-state index contributed by atoms with van der Waals surface area (Å²) in [6.07, 6.45) is 2.49. The van der Waals surface area contributed by atoms with Crippen LogP contribution in [0, 0.1) is 5.92 Å². The highest BCUT2D eigenvalue weighted by Crippen LogP contribution is 2.18. The van der Waals surface area contributed by atoms with Gasteiger partial charge in [-0.3, -0.25) is 9.59 Å². The van der Waals surface area contributed by atoms with Gasteiger partial charge in [-0.2, -0.15) is 9.97 Å². The molecular weight excluding hydrogens is 374 g/mol. The van der Waals surface area contributed by atoms with Crippen molar-refractivity contribution >= 4 is 40.4 Å². The molecule has 0 aliphatic rings. The Kier molecular flexibility index (Phi) is 5.82. The Bertz CT molecular complexity index is 1050. The molecule has 3 rings (SSSR count). The Morgan fingerprint density at radius 3 is 2.52 bits per heavy atom. The molecule has 0 saturated heterocycles. The highest BCUT2D eigenvalue weighted by Gasteiger charge is 2.26. The predicted molar refractivity (Wildman–Crippen MR) is 108 cm³/mol. The lowest BCUT2D eigenvalue weighted by Gasteiger charge is -2.11. The number of carboxylic acid groups (broad SMARTS) is 1. The highest BCUT2D eigenvalue weighted by atomic mass is 16.4. The van der Waals surface area contributed by atoms with E-state index < -0.39 is 11.9 Å². The number of hydrogen-bond acceptors (Lipinski definition) is 9. The molecule has 0 fully saturated rings. The molecule has 10 heteroatoms. The third-order valence-corrected chi connectivity index (χ3v) is 4.34. The average molecular weight is 395 g/mol. The van der Waals surface area contributed by atoms with Crippen LogP contribution in [0.4, 0.5) is 17.5 Å². The molecule has 150 valence electrons.